The second kappa shape index (κ2) is 13.1. The van der Waals surface area contributed by atoms with Gasteiger partial charge in [-0.1, -0.05) is 27.7 Å². The van der Waals surface area contributed by atoms with E-state index in [1.165, 1.54) is 70.9 Å². The van der Waals surface area contributed by atoms with E-state index in [-0.39, 0.29) is 30.1 Å². The summed E-state index contributed by atoms with van der Waals surface area (Å²) >= 11 is 0. The van der Waals surface area contributed by atoms with Gasteiger partial charge in [0.05, 0.1) is 12.7 Å². The van der Waals surface area contributed by atoms with Crippen LogP contribution in [0.5, 0.6) is 0 Å². The molecule has 0 bridgehead atoms. The highest BCUT2D eigenvalue weighted by atomic mass is 16.7. The normalized spacial score (nSPS) is 47.8. The van der Waals surface area contributed by atoms with Crippen molar-refractivity contribution in [3.05, 3.63) is 0 Å². The van der Waals surface area contributed by atoms with Crippen LogP contribution in [-0.2, 0) is 19.1 Å². The first-order chi connectivity index (χ1) is 23.1. The van der Waals surface area contributed by atoms with E-state index >= 15 is 0 Å². The van der Waals surface area contributed by atoms with Crippen LogP contribution in [0.2, 0.25) is 0 Å². The van der Waals surface area contributed by atoms with Crippen LogP contribution in [0.4, 0.5) is 0 Å². The number of likely N-dealkylation sites (tertiary alicyclic amines) is 1. The Balaban J connectivity index is 0.820. The summed E-state index contributed by atoms with van der Waals surface area (Å²) in [7, 11) is 0. The summed E-state index contributed by atoms with van der Waals surface area (Å²) in [5, 5.41) is 3.35. The van der Waals surface area contributed by atoms with E-state index in [9.17, 15) is 9.59 Å². The Hall–Kier alpha value is -1.22. The van der Waals surface area contributed by atoms with Gasteiger partial charge in [-0.25, -0.2) is 0 Å². The minimum absolute atomic E-state index is 0.00531. The van der Waals surface area contributed by atoms with Gasteiger partial charge in [-0.15, -0.1) is 0 Å². The first-order valence-electron chi connectivity index (χ1n) is 20.4. The van der Waals surface area contributed by atoms with Crippen molar-refractivity contribution >= 4 is 11.8 Å². The van der Waals surface area contributed by atoms with Gasteiger partial charge >= 0.3 is 0 Å². The zero-order chi connectivity index (χ0) is 33.3. The highest BCUT2D eigenvalue weighted by Crippen LogP contribution is 2.71. The molecule has 48 heavy (non-hydrogen) atoms. The Morgan fingerprint density at radius 2 is 1.52 bits per heavy atom. The third-order valence-electron chi connectivity index (χ3n) is 16.3. The van der Waals surface area contributed by atoms with E-state index in [0.717, 1.165) is 82.9 Å². The fraction of sp³-hybridized carbons (Fsp3) is 0.950. The number of piperazine rings is 1. The Morgan fingerprint density at radius 3 is 2.25 bits per heavy atom. The summed E-state index contributed by atoms with van der Waals surface area (Å²) in [6.45, 7) is 18.9. The number of hydrogen-bond acceptors (Lipinski definition) is 6. The molecular weight excluding hydrogens is 600 g/mol. The standard InChI is InChI=1S/C40H66N4O4/c1-27-9-14-40(47-26-27)28(2)37-34(48-40)24-33-31-8-7-29-23-30(10-12-38(29,3)32(31)11-13-39(33,37)4)41-35(45)25-36(46)44-21-19-43(20-22-44)18-17-42-15-5-6-16-42/h27-34,37H,5-26H2,1-4H3,(H,41,45)/t27-,28+,29+,30?,31-,32+,33+,34+,37+,38+,39+,40-/m1/s1. The van der Waals surface area contributed by atoms with Crippen molar-refractivity contribution in [2.45, 2.75) is 129 Å². The molecule has 0 aromatic rings. The Kier molecular flexibility index (Phi) is 9.24. The molecule has 8 fully saturated rings. The summed E-state index contributed by atoms with van der Waals surface area (Å²) in [5.74, 6) is 4.40. The lowest BCUT2D eigenvalue weighted by Crippen LogP contribution is -2.56. The molecule has 1 N–H and O–H groups in total. The number of ether oxygens (including phenoxy) is 2. The Labute approximate surface area is 290 Å². The van der Waals surface area contributed by atoms with Crippen molar-refractivity contribution in [2.75, 3.05) is 59.0 Å². The summed E-state index contributed by atoms with van der Waals surface area (Å²) in [4.78, 5) is 33.2. The van der Waals surface area contributed by atoms with Crippen LogP contribution in [0.3, 0.4) is 0 Å². The quantitative estimate of drug-likeness (QED) is 0.375. The fourth-order valence-corrected chi connectivity index (χ4v) is 13.4. The maximum Gasteiger partial charge on any atom is 0.232 e. The molecule has 4 aliphatic heterocycles. The number of fused-ring (bicyclic) bond motifs is 7. The average Bonchev–Trinajstić information content (AvgIpc) is 3.77. The van der Waals surface area contributed by atoms with Crippen molar-refractivity contribution in [3.8, 4) is 0 Å². The van der Waals surface area contributed by atoms with Gasteiger partial charge in [-0.05, 0) is 130 Å². The molecule has 4 aliphatic carbocycles. The summed E-state index contributed by atoms with van der Waals surface area (Å²) in [6.07, 6.45) is 15.2. The van der Waals surface area contributed by atoms with Crippen LogP contribution >= 0.6 is 0 Å². The minimum atomic E-state index is -0.328. The maximum absolute atomic E-state index is 13.2. The smallest absolute Gasteiger partial charge is 0.232 e. The molecule has 1 unspecified atom stereocenters. The van der Waals surface area contributed by atoms with Crippen LogP contribution < -0.4 is 5.32 Å². The van der Waals surface area contributed by atoms with Gasteiger partial charge < -0.3 is 24.6 Å². The molecule has 0 radical (unpaired) electrons. The number of rotatable bonds is 6. The molecule has 1 spiro atoms. The maximum atomic E-state index is 13.2. The summed E-state index contributed by atoms with van der Waals surface area (Å²) in [6, 6.07) is 0.214. The molecule has 0 aromatic heterocycles. The van der Waals surface area contributed by atoms with E-state index in [1.54, 1.807) is 0 Å². The predicted octanol–water partition coefficient (Wildman–Crippen LogP) is 5.55. The second-order valence-electron chi connectivity index (χ2n) is 18.7. The predicted molar refractivity (Wildman–Crippen MR) is 187 cm³/mol. The SMILES string of the molecule is C[C@@H]1CC[C@@]2(OC1)O[C@H]1C[C@H]3[C@@H]4CC[C@H]5CC(NC(=O)CC(=O)N6CCN(CCN7CCCC7)CC6)CC[C@]5(C)[C@H]4CC[C@]3(C)[C@H]1[C@@H]2C. The molecule has 8 aliphatic rings. The molecular formula is C40H66N4O4. The summed E-state index contributed by atoms with van der Waals surface area (Å²) < 4.78 is 13.5. The zero-order valence-corrected chi connectivity index (χ0v) is 30.7. The number of hydrogen-bond donors (Lipinski definition) is 1. The van der Waals surface area contributed by atoms with E-state index in [2.05, 4.69) is 42.8 Å². The number of carbonyl (C=O) groups is 2. The topological polar surface area (TPSA) is 74.3 Å². The zero-order valence-electron chi connectivity index (χ0n) is 30.7. The van der Waals surface area contributed by atoms with Gasteiger partial charge in [0, 0.05) is 57.6 Å². The Bertz CT molecular complexity index is 1190. The average molecular weight is 667 g/mol. The van der Waals surface area contributed by atoms with Crippen molar-refractivity contribution < 1.29 is 19.1 Å². The molecule has 4 saturated heterocycles. The van der Waals surface area contributed by atoms with E-state index < -0.39 is 0 Å². The van der Waals surface area contributed by atoms with Gasteiger partial charge in [-0.3, -0.25) is 14.5 Å². The molecule has 4 saturated carbocycles. The number of carbonyl (C=O) groups excluding carboxylic acids is 2. The highest BCUT2D eigenvalue weighted by Gasteiger charge is 2.69. The molecule has 12 atom stereocenters. The largest absolute Gasteiger partial charge is 0.353 e. The molecule has 0 aromatic carbocycles. The third kappa shape index (κ3) is 5.88. The van der Waals surface area contributed by atoms with Crippen LogP contribution in [0.1, 0.15) is 111 Å². The lowest BCUT2D eigenvalue weighted by molar-refractivity contribution is -0.273. The van der Waals surface area contributed by atoms with E-state index in [4.69, 9.17) is 9.47 Å². The molecule has 8 heteroatoms. The van der Waals surface area contributed by atoms with Crippen LogP contribution in [0, 0.1) is 52.3 Å². The minimum Gasteiger partial charge on any atom is -0.353 e. The van der Waals surface area contributed by atoms with Crippen molar-refractivity contribution in [3.63, 3.8) is 0 Å². The fourth-order valence-electron chi connectivity index (χ4n) is 13.4. The molecule has 4 heterocycles. The van der Waals surface area contributed by atoms with E-state index in [0.29, 0.717) is 40.6 Å². The van der Waals surface area contributed by atoms with Gasteiger partial charge in [0.2, 0.25) is 11.8 Å². The lowest BCUT2D eigenvalue weighted by atomic mass is 9.44. The number of nitrogens with zero attached hydrogens (tertiary/aromatic N) is 3. The number of amides is 2. The van der Waals surface area contributed by atoms with Crippen LogP contribution in [0.15, 0.2) is 0 Å². The second-order valence-corrected chi connectivity index (χ2v) is 18.7. The van der Waals surface area contributed by atoms with Crippen molar-refractivity contribution in [1.29, 1.82) is 0 Å². The van der Waals surface area contributed by atoms with E-state index in [1.807, 2.05) is 4.90 Å². The summed E-state index contributed by atoms with van der Waals surface area (Å²) in [5.41, 5.74) is 0.728. The number of nitrogens with one attached hydrogen (secondary N) is 1. The van der Waals surface area contributed by atoms with Gasteiger partial charge in [0.1, 0.15) is 6.42 Å². The Morgan fingerprint density at radius 1 is 0.792 bits per heavy atom. The molecule has 8 rings (SSSR count). The first-order valence-corrected chi connectivity index (χ1v) is 20.4. The molecule has 8 nitrogen and oxygen atoms in total. The monoisotopic (exact) mass is 667 g/mol. The van der Waals surface area contributed by atoms with Crippen LogP contribution in [0.25, 0.3) is 0 Å². The van der Waals surface area contributed by atoms with Gasteiger partial charge in [0.25, 0.3) is 0 Å². The van der Waals surface area contributed by atoms with Crippen LogP contribution in [-0.4, -0.2) is 103 Å². The van der Waals surface area contributed by atoms with Gasteiger partial charge in [0.15, 0.2) is 5.79 Å². The van der Waals surface area contributed by atoms with Crippen molar-refractivity contribution in [2.24, 2.45) is 52.3 Å². The lowest BCUT2D eigenvalue weighted by Gasteiger charge is -2.61. The van der Waals surface area contributed by atoms with Gasteiger partial charge in [-0.2, -0.15) is 0 Å². The highest BCUT2D eigenvalue weighted by molar-refractivity contribution is 5.97. The van der Waals surface area contributed by atoms with Crippen molar-refractivity contribution in [1.82, 2.24) is 20.0 Å². The first kappa shape index (κ1) is 33.9. The molecule has 270 valence electrons. The third-order valence-corrected chi connectivity index (χ3v) is 16.3. The molecule has 2 amide bonds.